The van der Waals surface area contributed by atoms with E-state index in [9.17, 15) is 31.5 Å². The molecule has 0 bridgehead atoms. The minimum atomic E-state index is -4.74. The van der Waals surface area contributed by atoms with Crippen molar-refractivity contribution in [1.29, 1.82) is 0 Å². The van der Waals surface area contributed by atoms with Gasteiger partial charge in [-0.25, -0.2) is 0 Å². The molecule has 218 valence electrons. The molecule has 0 spiro atoms. The summed E-state index contributed by atoms with van der Waals surface area (Å²) in [5.41, 5.74) is -1.67. The molecular weight excluding hydrogens is 519 g/mol. The molecule has 1 atom stereocenters. The predicted octanol–water partition coefficient (Wildman–Crippen LogP) is 6.67. The molecule has 0 fully saturated rings. The van der Waals surface area contributed by atoms with Crippen LogP contribution in [0.2, 0.25) is 0 Å². The lowest BCUT2D eigenvalue weighted by atomic mass is 9.96. The maximum atomic E-state index is 13.6. The van der Waals surface area contributed by atoms with Crippen LogP contribution in [0.5, 0.6) is 0 Å². The second-order valence-electron chi connectivity index (χ2n) is 10.2. The van der Waals surface area contributed by atoms with Crippen molar-refractivity contribution < 1.29 is 31.5 Å². The van der Waals surface area contributed by atoms with Crippen LogP contribution in [0.25, 0.3) is 5.57 Å². The molecule has 11 heteroatoms. The Morgan fingerprint density at radius 2 is 1.79 bits per heavy atom. The monoisotopic (exact) mass is 558 g/mol. The number of nitrogens with one attached hydrogen (secondary N) is 2. The van der Waals surface area contributed by atoms with Crippen molar-refractivity contribution >= 4 is 17.3 Å². The van der Waals surface area contributed by atoms with Gasteiger partial charge in [0.1, 0.15) is 0 Å². The molecule has 1 heterocycles. The molecule has 1 amide bonds. The Labute approximate surface area is 227 Å². The van der Waals surface area contributed by atoms with Gasteiger partial charge in [0.2, 0.25) is 5.91 Å². The lowest BCUT2D eigenvalue weighted by molar-refractivity contribution is -0.141. The molecule has 0 saturated heterocycles. The van der Waals surface area contributed by atoms with Crippen LogP contribution in [-0.2, 0) is 22.3 Å². The van der Waals surface area contributed by atoms with Crippen LogP contribution in [-0.4, -0.2) is 33.6 Å². The Morgan fingerprint density at radius 1 is 1.15 bits per heavy atom. The summed E-state index contributed by atoms with van der Waals surface area (Å²) in [6, 6.07) is 0.837. The van der Waals surface area contributed by atoms with E-state index in [4.69, 9.17) is 0 Å². The first-order valence-electron chi connectivity index (χ1n) is 12.8. The number of amides is 1. The van der Waals surface area contributed by atoms with Gasteiger partial charge in [-0.3, -0.25) is 14.3 Å². The molecule has 0 aliphatic heterocycles. The molecule has 1 aromatic heterocycles. The number of hydrogen-bond acceptors (Lipinski definition) is 4. The first kappa shape index (κ1) is 33.8. The highest BCUT2D eigenvalue weighted by Gasteiger charge is 2.37. The van der Waals surface area contributed by atoms with Crippen molar-refractivity contribution in [3.05, 3.63) is 59.6 Å². The highest BCUT2D eigenvalue weighted by atomic mass is 19.4. The van der Waals surface area contributed by atoms with Gasteiger partial charge in [0.25, 0.3) is 0 Å². The van der Waals surface area contributed by atoms with Crippen LogP contribution in [0.3, 0.4) is 0 Å². The summed E-state index contributed by atoms with van der Waals surface area (Å²) < 4.78 is 67.1. The summed E-state index contributed by atoms with van der Waals surface area (Å²) in [5, 5.41) is 8.48. The molecule has 0 aliphatic carbocycles. The van der Waals surface area contributed by atoms with E-state index in [2.05, 4.69) is 10.4 Å². The number of ketones is 1. The number of alkyl halides is 5. The van der Waals surface area contributed by atoms with Gasteiger partial charge in [-0.05, 0) is 51.3 Å². The summed E-state index contributed by atoms with van der Waals surface area (Å²) in [4.78, 5) is 25.9. The van der Waals surface area contributed by atoms with Crippen molar-refractivity contribution in [2.45, 2.75) is 86.1 Å². The third-order valence-electron chi connectivity index (χ3n) is 5.55. The van der Waals surface area contributed by atoms with Gasteiger partial charge < -0.3 is 10.6 Å². The van der Waals surface area contributed by atoms with Gasteiger partial charge in [0, 0.05) is 23.6 Å². The fraction of sp³-hybridized carbons (Fsp3) is 0.536. The smallest absolute Gasteiger partial charge is 0.349 e. The zero-order valence-corrected chi connectivity index (χ0v) is 23.5. The Morgan fingerprint density at radius 3 is 2.31 bits per heavy atom. The Kier molecular flexibility index (Phi) is 12.8. The average molecular weight is 559 g/mol. The van der Waals surface area contributed by atoms with Gasteiger partial charge >= 0.3 is 12.7 Å². The minimum absolute atomic E-state index is 0.0116. The molecule has 2 N–H and O–H groups in total. The third-order valence-corrected chi connectivity index (χ3v) is 5.55. The number of carbonyl (C=O) groups excluding carboxylic acids is 2. The fourth-order valence-electron chi connectivity index (χ4n) is 3.62. The number of allylic oxidation sites excluding steroid dienone is 7. The van der Waals surface area contributed by atoms with E-state index in [-0.39, 0.29) is 30.0 Å². The second kappa shape index (κ2) is 14.8. The van der Waals surface area contributed by atoms with Crippen LogP contribution < -0.4 is 10.6 Å². The zero-order valence-electron chi connectivity index (χ0n) is 23.5. The van der Waals surface area contributed by atoms with Crippen molar-refractivity contribution in [2.75, 3.05) is 0 Å². The zero-order chi connectivity index (χ0) is 30.0. The molecule has 0 radical (unpaired) electrons. The van der Waals surface area contributed by atoms with Crippen LogP contribution in [0, 0.1) is 11.8 Å². The van der Waals surface area contributed by atoms with E-state index in [1.54, 1.807) is 65.8 Å². The topological polar surface area (TPSA) is 76.0 Å². The van der Waals surface area contributed by atoms with E-state index in [0.717, 1.165) is 16.9 Å². The van der Waals surface area contributed by atoms with E-state index < -0.39 is 41.7 Å². The standard InChI is InChI=1S/C28H39F5N4O2/c1-8-10-12-20(16-34-26(29)30)14-19(5)25(39)35-27(6,7)17-37-22(15-23(36-37)28(31,32)33)21(13-11-9-2)24(38)18(3)4/h9-13,15-16,18-19,26,34H,8,14,17H2,1-7H3,(H,35,39)/b11-9-,12-10+,20-16+,21-13-. The Bertz CT molecular complexity index is 1100. The van der Waals surface area contributed by atoms with Gasteiger partial charge in [-0.15, -0.1) is 0 Å². The van der Waals surface area contributed by atoms with Crippen LogP contribution in [0.1, 0.15) is 72.7 Å². The summed E-state index contributed by atoms with van der Waals surface area (Å²) in [5.74, 6) is -1.88. The number of carbonyl (C=O) groups is 2. The van der Waals surface area contributed by atoms with E-state index in [1.165, 1.54) is 6.08 Å². The van der Waals surface area contributed by atoms with E-state index in [1.807, 2.05) is 12.2 Å². The molecular formula is C28H39F5N4O2. The number of hydrogen-bond donors (Lipinski definition) is 2. The van der Waals surface area contributed by atoms with Gasteiger partial charge in [0.15, 0.2) is 11.5 Å². The summed E-state index contributed by atoms with van der Waals surface area (Å²) in [6.07, 6.45) is 5.36. The predicted molar refractivity (Wildman–Crippen MR) is 143 cm³/mol. The van der Waals surface area contributed by atoms with Crippen LogP contribution in [0.4, 0.5) is 22.0 Å². The number of aromatic nitrogens is 2. The summed E-state index contributed by atoms with van der Waals surface area (Å²) >= 11 is 0. The normalized spacial score (nSPS) is 14.6. The lowest BCUT2D eigenvalue weighted by Crippen LogP contribution is -2.49. The molecule has 1 rings (SSSR count). The first-order chi connectivity index (χ1) is 18.0. The van der Waals surface area contributed by atoms with Crippen molar-refractivity contribution in [3.63, 3.8) is 0 Å². The third kappa shape index (κ3) is 11.2. The average Bonchev–Trinajstić information content (AvgIpc) is 3.23. The molecule has 6 nitrogen and oxygen atoms in total. The molecule has 0 saturated carbocycles. The lowest BCUT2D eigenvalue weighted by Gasteiger charge is -2.29. The van der Waals surface area contributed by atoms with Crippen molar-refractivity contribution in [1.82, 2.24) is 20.4 Å². The molecule has 39 heavy (non-hydrogen) atoms. The molecule has 1 unspecified atom stereocenters. The number of rotatable bonds is 14. The Balaban J connectivity index is 3.31. The van der Waals surface area contributed by atoms with Gasteiger partial charge in [-0.2, -0.15) is 27.1 Å². The van der Waals surface area contributed by atoms with Crippen LogP contribution in [0.15, 0.2) is 48.2 Å². The maximum Gasteiger partial charge on any atom is 0.435 e. The number of Topliss-reactive ketones (excluding diaryl/α,β-unsaturated/α-hetero) is 1. The highest BCUT2D eigenvalue weighted by molar-refractivity contribution is 6.21. The van der Waals surface area contributed by atoms with Crippen LogP contribution >= 0.6 is 0 Å². The second-order valence-corrected chi connectivity index (χ2v) is 10.2. The van der Waals surface area contributed by atoms with E-state index in [0.29, 0.717) is 12.0 Å². The largest absolute Gasteiger partial charge is 0.435 e. The highest BCUT2D eigenvalue weighted by Crippen LogP contribution is 2.32. The number of halogens is 5. The molecule has 0 aliphatic rings. The Hall–Kier alpha value is -3.24. The quantitative estimate of drug-likeness (QED) is 0.116. The SMILES string of the molecule is C/C=C\C=C(/C(=O)C(C)C)c1cc(C(F)(F)F)nn1CC(C)(C)NC(=O)C(C)CC(=C/NC(F)F)/C=C/CC. The minimum Gasteiger partial charge on any atom is -0.349 e. The van der Waals surface area contributed by atoms with Crippen molar-refractivity contribution in [2.24, 2.45) is 11.8 Å². The number of nitrogens with zero attached hydrogens (tertiary/aromatic N) is 2. The van der Waals surface area contributed by atoms with Gasteiger partial charge in [-0.1, -0.05) is 52.0 Å². The van der Waals surface area contributed by atoms with E-state index >= 15 is 0 Å². The summed E-state index contributed by atoms with van der Waals surface area (Å²) in [6.45, 7) is 8.86. The molecule has 1 aromatic rings. The fourth-order valence-corrected chi connectivity index (χ4v) is 3.62. The van der Waals surface area contributed by atoms with Gasteiger partial charge in [0.05, 0.1) is 17.8 Å². The maximum absolute atomic E-state index is 13.6. The molecule has 0 aromatic carbocycles. The first-order valence-corrected chi connectivity index (χ1v) is 12.8. The summed E-state index contributed by atoms with van der Waals surface area (Å²) in [7, 11) is 0. The van der Waals surface area contributed by atoms with Crippen molar-refractivity contribution in [3.8, 4) is 0 Å².